The number of hydrogen-bond acceptors (Lipinski definition) is 6. The zero-order valence-corrected chi connectivity index (χ0v) is 16.2. The molecule has 0 spiro atoms. The summed E-state index contributed by atoms with van der Waals surface area (Å²) in [7, 11) is 1.62. The first-order chi connectivity index (χ1) is 13.5. The number of rotatable bonds is 4. The van der Waals surface area contributed by atoms with Gasteiger partial charge in [-0.25, -0.2) is 0 Å². The highest BCUT2D eigenvalue weighted by atomic mass is 16.5. The molecule has 0 radical (unpaired) electrons. The fourth-order valence-corrected chi connectivity index (χ4v) is 4.04. The molecule has 2 aliphatic heterocycles. The summed E-state index contributed by atoms with van der Waals surface area (Å²) in [5, 5.41) is 4.05. The van der Waals surface area contributed by atoms with E-state index in [2.05, 4.69) is 15.2 Å². The number of cyclic esters (lactones) is 1. The van der Waals surface area contributed by atoms with Crippen LogP contribution in [0, 0.1) is 6.92 Å². The zero-order valence-electron chi connectivity index (χ0n) is 16.2. The molecule has 7 nitrogen and oxygen atoms in total. The third-order valence-corrected chi connectivity index (χ3v) is 5.67. The van der Waals surface area contributed by atoms with Crippen LogP contribution < -0.4 is 10.1 Å². The van der Waals surface area contributed by atoms with E-state index in [1.165, 1.54) is 0 Å². The lowest BCUT2D eigenvalue weighted by molar-refractivity contribution is -0.142. The van der Waals surface area contributed by atoms with Crippen molar-refractivity contribution in [3.63, 3.8) is 0 Å². The molecule has 2 aliphatic rings. The van der Waals surface area contributed by atoms with Gasteiger partial charge in [-0.2, -0.15) is 0 Å². The van der Waals surface area contributed by atoms with Crippen LogP contribution in [0.1, 0.15) is 35.3 Å². The average molecular weight is 383 g/mol. The lowest BCUT2D eigenvalue weighted by Crippen LogP contribution is -2.49. The summed E-state index contributed by atoms with van der Waals surface area (Å²) in [6.07, 6.45) is 2.42. The van der Waals surface area contributed by atoms with E-state index in [9.17, 15) is 9.59 Å². The summed E-state index contributed by atoms with van der Waals surface area (Å²) < 4.78 is 10.3. The van der Waals surface area contributed by atoms with E-state index in [0.717, 1.165) is 49.0 Å². The first-order valence-electron chi connectivity index (χ1n) is 9.72. The predicted molar refractivity (Wildman–Crippen MR) is 104 cm³/mol. The average Bonchev–Trinajstić information content (AvgIpc) is 3.13. The quantitative estimate of drug-likeness (QED) is 0.814. The number of methoxy groups -OCH3 is 1. The van der Waals surface area contributed by atoms with E-state index < -0.39 is 0 Å². The smallest absolute Gasteiger partial charge is 0.323 e. The Labute approximate surface area is 164 Å². The molecular weight excluding hydrogens is 358 g/mol. The third kappa shape index (κ3) is 3.67. The van der Waals surface area contributed by atoms with E-state index >= 15 is 0 Å². The Morgan fingerprint density at radius 2 is 2.04 bits per heavy atom. The van der Waals surface area contributed by atoms with Crippen molar-refractivity contribution in [3.8, 4) is 5.75 Å². The van der Waals surface area contributed by atoms with Gasteiger partial charge in [-0.15, -0.1) is 0 Å². The van der Waals surface area contributed by atoms with Gasteiger partial charge in [-0.1, -0.05) is 0 Å². The molecule has 148 valence electrons. The Bertz CT molecular complexity index is 906. The molecule has 1 aromatic carbocycles. The number of ether oxygens (including phenoxy) is 2. The lowest BCUT2D eigenvalue weighted by atomic mass is 10.0. The molecule has 4 rings (SSSR count). The van der Waals surface area contributed by atoms with Gasteiger partial charge < -0.3 is 14.8 Å². The van der Waals surface area contributed by atoms with Crippen molar-refractivity contribution in [2.75, 3.05) is 26.8 Å². The standard InChI is InChI=1S/C21H25N3O4/c1-13-17(11-14-3-4-16(27-2)12-18(14)22-13)20(25)23-15-5-8-24(9-6-15)19-7-10-28-21(19)26/h3-4,11-12,15,19H,5-10H2,1-2H3,(H,23,25). The van der Waals surface area contributed by atoms with Crippen molar-refractivity contribution in [1.29, 1.82) is 0 Å². The Kier molecular flexibility index (Phi) is 5.17. The number of piperidine rings is 1. The molecule has 1 aromatic heterocycles. The second kappa shape index (κ2) is 7.75. The minimum Gasteiger partial charge on any atom is -0.497 e. The second-order valence-electron chi connectivity index (χ2n) is 7.44. The van der Waals surface area contributed by atoms with Crippen molar-refractivity contribution in [3.05, 3.63) is 35.5 Å². The van der Waals surface area contributed by atoms with Gasteiger partial charge in [0.2, 0.25) is 0 Å². The van der Waals surface area contributed by atoms with Crippen LogP contribution in [0.15, 0.2) is 24.3 Å². The van der Waals surface area contributed by atoms with Crippen LogP contribution in [0.4, 0.5) is 0 Å². The number of nitrogens with zero attached hydrogens (tertiary/aromatic N) is 2. The highest BCUT2D eigenvalue weighted by Gasteiger charge is 2.34. The highest BCUT2D eigenvalue weighted by Crippen LogP contribution is 2.23. The number of pyridine rings is 1. The number of aromatic nitrogens is 1. The Balaban J connectivity index is 1.41. The van der Waals surface area contributed by atoms with E-state index in [0.29, 0.717) is 17.9 Å². The van der Waals surface area contributed by atoms with Gasteiger partial charge in [0.05, 0.1) is 30.5 Å². The van der Waals surface area contributed by atoms with Gasteiger partial charge in [0, 0.05) is 37.0 Å². The van der Waals surface area contributed by atoms with Crippen LogP contribution >= 0.6 is 0 Å². The fraction of sp³-hybridized carbons (Fsp3) is 0.476. The van der Waals surface area contributed by atoms with Crippen molar-refractivity contribution in [2.45, 2.75) is 38.3 Å². The molecule has 2 fully saturated rings. The molecule has 2 saturated heterocycles. The van der Waals surface area contributed by atoms with Gasteiger partial charge in [0.1, 0.15) is 11.8 Å². The number of amides is 1. The first-order valence-corrected chi connectivity index (χ1v) is 9.72. The number of nitrogens with one attached hydrogen (secondary N) is 1. The van der Waals surface area contributed by atoms with E-state index in [4.69, 9.17) is 9.47 Å². The molecule has 2 aromatic rings. The molecule has 7 heteroatoms. The number of esters is 1. The van der Waals surface area contributed by atoms with Crippen LogP contribution in [-0.2, 0) is 9.53 Å². The van der Waals surface area contributed by atoms with Gasteiger partial charge in [-0.05, 0) is 38.0 Å². The maximum atomic E-state index is 12.8. The third-order valence-electron chi connectivity index (χ3n) is 5.67. The van der Waals surface area contributed by atoms with Crippen molar-refractivity contribution in [1.82, 2.24) is 15.2 Å². The Hall–Kier alpha value is -2.67. The molecular formula is C21H25N3O4. The maximum Gasteiger partial charge on any atom is 0.323 e. The minimum atomic E-state index is -0.114. The van der Waals surface area contributed by atoms with Gasteiger partial charge in [-0.3, -0.25) is 19.5 Å². The van der Waals surface area contributed by atoms with Gasteiger partial charge in [0.15, 0.2) is 0 Å². The Morgan fingerprint density at radius 3 is 2.71 bits per heavy atom. The van der Waals surface area contributed by atoms with Crippen molar-refractivity contribution in [2.24, 2.45) is 0 Å². The van der Waals surface area contributed by atoms with Crippen molar-refractivity contribution >= 4 is 22.8 Å². The van der Waals surface area contributed by atoms with Gasteiger partial charge >= 0.3 is 5.97 Å². The minimum absolute atomic E-state index is 0.0959. The molecule has 0 saturated carbocycles. The van der Waals surface area contributed by atoms with Crippen LogP contribution in [0.25, 0.3) is 10.9 Å². The summed E-state index contributed by atoms with van der Waals surface area (Å²) in [5.74, 6) is 0.535. The van der Waals surface area contributed by atoms with E-state index in [-0.39, 0.29) is 24.0 Å². The Morgan fingerprint density at radius 1 is 1.25 bits per heavy atom. The number of carbonyl (C=O) groups excluding carboxylic acids is 2. The maximum absolute atomic E-state index is 12.8. The van der Waals surface area contributed by atoms with Gasteiger partial charge in [0.25, 0.3) is 5.91 Å². The number of carbonyl (C=O) groups is 2. The second-order valence-corrected chi connectivity index (χ2v) is 7.44. The molecule has 1 N–H and O–H groups in total. The predicted octanol–water partition coefficient (Wildman–Crippen LogP) is 2.06. The van der Waals surface area contributed by atoms with Crippen LogP contribution in [0.2, 0.25) is 0 Å². The number of hydrogen-bond donors (Lipinski definition) is 1. The first kappa shape index (κ1) is 18.7. The van der Waals surface area contributed by atoms with Crippen LogP contribution in [0.3, 0.4) is 0 Å². The number of fused-ring (bicyclic) bond motifs is 1. The molecule has 0 bridgehead atoms. The molecule has 1 atom stereocenters. The summed E-state index contributed by atoms with van der Waals surface area (Å²) in [6.45, 7) is 3.95. The SMILES string of the molecule is COc1ccc2cc(C(=O)NC3CCN(C4CCOC4=O)CC3)c(C)nc2c1. The summed E-state index contributed by atoms with van der Waals surface area (Å²) >= 11 is 0. The summed E-state index contributed by atoms with van der Waals surface area (Å²) in [6, 6.07) is 7.53. The van der Waals surface area contributed by atoms with E-state index in [1.807, 2.05) is 31.2 Å². The lowest BCUT2D eigenvalue weighted by Gasteiger charge is -2.34. The number of likely N-dealkylation sites (tertiary alicyclic amines) is 1. The molecule has 0 aliphatic carbocycles. The molecule has 1 unspecified atom stereocenters. The number of benzene rings is 1. The molecule has 3 heterocycles. The van der Waals surface area contributed by atoms with Crippen LogP contribution in [0.5, 0.6) is 5.75 Å². The summed E-state index contributed by atoms with van der Waals surface area (Å²) in [4.78, 5) is 31.3. The monoisotopic (exact) mass is 383 g/mol. The normalized spacial score (nSPS) is 20.9. The zero-order chi connectivity index (χ0) is 19.7. The highest BCUT2D eigenvalue weighted by molar-refractivity contribution is 5.99. The number of aryl methyl sites for hydroxylation is 1. The topological polar surface area (TPSA) is 80.8 Å². The summed E-state index contributed by atoms with van der Waals surface area (Å²) in [5.41, 5.74) is 2.11. The molecule has 28 heavy (non-hydrogen) atoms. The fourth-order valence-electron chi connectivity index (χ4n) is 4.04. The van der Waals surface area contributed by atoms with Crippen LogP contribution in [-0.4, -0.2) is 60.7 Å². The van der Waals surface area contributed by atoms with E-state index in [1.54, 1.807) is 7.11 Å². The largest absolute Gasteiger partial charge is 0.497 e. The molecule has 1 amide bonds. The van der Waals surface area contributed by atoms with Crippen molar-refractivity contribution < 1.29 is 19.1 Å².